The summed E-state index contributed by atoms with van der Waals surface area (Å²) in [6.45, 7) is 0. The number of furan rings is 2. The lowest BCUT2D eigenvalue weighted by atomic mass is 10.0. The van der Waals surface area contributed by atoms with Crippen LogP contribution in [0.25, 0.3) is 109 Å². The zero-order chi connectivity index (χ0) is 33.5. The predicted octanol–water partition coefficient (Wildman–Crippen LogP) is 12.7. The fourth-order valence-electron chi connectivity index (χ4n) is 7.32. The number of aromatic nitrogens is 3. The summed E-state index contributed by atoms with van der Waals surface area (Å²) in [4.78, 5) is 15.7. The number of para-hydroxylation sites is 2. The number of hydrogen-bond donors (Lipinski definition) is 0. The van der Waals surface area contributed by atoms with Gasteiger partial charge in [0, 0.05) is 53.7 Å². The first kappa shape index (κ1) is 28.2. The van der Waals surface area contributed by atoms with Crippen LogP contribution in [-0.2, 0) is 0 Å². The standard InChI is InChI=1S/C45H25N3O2S/c1-2-11-26(12-3-1)27-13-10-14-28(23-27)43-46-44(29-21-22-38-33(24-29)30-15-4-7-18-36(30)49-38)48-45(47-43)35-25-34-31-16-5-8-19-37(31)50-41(34)40-32-17-6-9-20-39(32)51-42(35)40/h1-25H. The molecule has 11 rings (SSSR count). The molecule has 4 aromatic heterocycles. The van der Waals surface area contributed by atoms with Crippen molar-refractivity contribution in [3.8, 4) is 45.3 Å². The van der Waals surface area contributed by atoms with Gasteiger partial charge in [-0.1, -0.05) is 103 Å². The average molecular weight is 672 g/mol. The average Bonchev–Trinajstić information content (AvgIpc) is 3.89. The quantitative estimate of drug-likeness (QED) is 0.186. The second-order valence-corrected chi connectivity index (χ2v) is 13.8. The lowest BCUT2D eigenvalue weighted by Gasteiger charge is -2.11. The molecule has 0 bridgehead atoms. The number of thiophene rings is 1. The van der Waals surface area contributed by atoms with E-state index in [0.717, 1.165) is 87.2 Å². The minimum Gasteiger partial charge on any atom is -0.456 e. The summed E-state index contributed by atoms with van der Waals surface area (Å²) in [7, 11) is 0. The largest absolute Gasteiger partial charge is 0.456 e. The molecule has 5 nitrogen and oxygen atoms in total. The van der Waals surface area contributed by atoms with Crippen LogP contribution in [0.3, 0.4) is 0 Å². The SMILES string of the molecule is c1ccc(-c2cccc(-c3nc(-c4ccc5oc6ccccc6c5c4)nc(-c4cc5c6ccccc6oc5c5c4sc4ccccc45)n3)c2)cc1. The Bertz CT molecular complexity index is 3160. The summed E-state index contributed by atoms with van der Waals surface area (Å²) in [5, 5.41) is 6.43. The van der Waals surface area contributed by atoms with Crippen LogP contribution in [-0.4, -0.2) is 15.0 Å². The molecular weight excluding hydrogens is 647 g/mol. The number of fused-ring (bicyclic) bond motifs is 10. The van der Waals surface area contributed by atoms with Gasteiger partial charge in [-0.05, 0) is 59.7 Å². The molecule has 0 unspecified atom stereocenters. The van der Waals surface area contributed by atoms with E-state index in [1.165, 1.54) is 4.70 Å². The van der Waals surface area contributed by atoms with E-state index in [-0.39, 0.29) is 0 Å². The van der Waals surface area contributed by atoms with Crippen LogP contribution in [0, 0.1) is 0 Å². The molecule has 0 saturated heterocycles. The van der Waals surface area contributed by atoms with Crippen LogP contribution in [0.15, 0.2) is 160 Å². The van der Waals surface area contributed by atoms with E-state index in [1.807, 2.05) is 48.5 Å². The molecule has 6 heteroatoms. The number of rotatable bonds is 4. The zero-order valence-corrected chi connectivity index (χ0v) is 27.8. The molecule has 0 radical (unpaired) electrons. The molecule has 11 aromatic rings. The van der Waals surface area contributed by atoms with E-state index in [4.69, 9.17) is 23.8 Å². The fourth-order valence-corrected chi connectivity index (χ4v) is 8.53. The number of benzene rings is 7. The van der Waals surface area contributed by atoms with Crippen molar-refractivity contribution >= 4 is 75.4 Å². The summed E-state index contributed by atoms with van der Waals surface area (Å²) in [6.07, 6.45) is 0. The Balaban J connectivity index is 1.21. The molecule has 4 heterocycles. The maximum Gasteiger partial charge on any atom is 0.165 e. The molecule has 0 atom stereocenters. The van der Waals surface area contributed by atoms with Gasteiger partial charge in [0.1, 0.15) is 22.3 Å². The molecule has 51 heavy (non-hydrogen) atoms. The van der Waals surface area contributed by atoms with Crippen molar-refractivity contribution in [3.05, 3.63) is 152 Å². The summed E-state index contributed by atoms with van der Waals surface area (Å²) < 4.78 is 15.0. The Labute approximate surface area is 295 Å². The van der Waals surface area contributed by atoms with Gasteiger partial charge in [-0.2, -0.15) is 0 Å². The van der Waals surface area contributed by atoms with E-state index in [0.29, 0.717) is 17.5 Å². The van der Waals surface area contributed by atoms with Crippen LogP contribution in [0.2, 0.25) is 0 Å². The van der Waals surface area contributed by atoms with Crippen LogP contribution >= 0.6 is 11.3 Å². The summed E-state index contributed by atoms with van der Waals surface area (Å²) >= 11 is 1.74. The van der Waals surface area contributed by atoms with Crippen molar-refractivity contribution in [3.63, 3.8) is 0 Å². The van der Waals surface area contributed by atoms with Crippen molar-refractivity contribution in [1.82, 2.24) is 15.0 Å². The summed E-state index contributed by atoms with van der Waals surface area (Å²) in [6, 6.07) is 52.1. The summed E-state index contributed by atoms with van der Waals surface area (Å²) in [5.41, 5.74) is 8.41. The fraction of sp³-hybridized carbons (Fsp3) is 0. The molecule has 238 valence electrons. The maximum absolute atomic E-state index is 6.58. The van der Waals surface area contributed by atoms with Gasteiger partial charge in [-0.25, -0.2) is 15.0 Å². The van der Waals surface area contributed by atoms with E-state index in [2.05, 4.69) is 103 Å². The Kier molecular flexibility index (Phi) is 6.05. The third-order valence-electron chi connectivity index (χ3n) is 9.73. The Hall–Kier alpha value is -6.63. The third kappa shape index (κ3) is 4.43. The molecule has 0 aliphatic heterocycles. The summed E-state index contributed by atoms with van der Waals surface area (Å²) in [5.74, 6) is 1.82. The van der Waals surface area contributed by atoms with Crippen molar-refractivity contribution in [2.24, 2.45) is 0 Å². The minimum atomic E-state index is 0.596. The topological polar surface area (TPSA) is 65.0 Å². The van der Waals surface area contributed by atoms with Gasteiger partial charge in [0.25, 0.3) is 0 Å². The monoisotopic (exact) mass is 671 g/mol. The lowest BCUT2D eigenvalue weighted by molar-refractivity contribution is 0.669. The van der Waals surface area contributed by atoms with Crippen LogP contribution in [0.1, 0.15) is 0 Å². The zero-order valence-electron chi connectivity index (χ0n) is 27.0. The molecular formula is C45H25N3O2S. The first-order chi connectivity index (χ1) is 25.2. The van der Waals surface area contributed by atoms with E-state index < -0.39 is 0 Å². The molecule has 0 aliphatic carbocycles. The van der Waals surface area contributed by atoms with Crippen LogP contribution < -0.4 is 0 Å². The van der Waals surface area contributed by atoms with Gasteiger partial charge >= 0.3 is 0 Å². The van der Waals surface area contributed by atoms with Crippen molar-refractivity contribution in [2.45, 2.75) is 0 Å². The van der Waals surface area contributed by atoms with E-state index >= 15 is 0 Å². The highest BCUT2D eigenvalue weighted by Crippen LogP contribution is 2.46. The highest BCUT2D eigenvalue weighted by Gasteiger charge is 2.22. The number of nitrogens with zero attached hydrogens (tertiary/aromatic N) is 3. The predicted molar refractivity (Wildman–Crippen MR) is 209 cm³/mol. The highest BCUT2D eigenvalue weighted by atomic mass is 32.1. The second-order valence-electron chi connectivity index (χ2n) is 12.8. The van der Waals surface area contributed by atoms with E-state index in [1.54, 1.807) is 11.3 Å². The van der Waals surface area contributed by atoms with Crippen LogP contribution in [0.5, 0.6) is 0 Å². The van der Waals surface area contributed by atoms with Gasteiger partial charge in [-0.3, -0.25) is 0 Å². The Morgan fingerprint density at radius 2 is 1.00 bits per heavy atom. The molecule has 0 saturated carbocycles. The molecule has 0 N–H and O–H groups in total. The first-order valence-electron chi connectivity index (χ1n) is 16.8. The first-order valence-corrected chi connectivity index (χ1v) is 17.7. The van der Waals surface area contributed by atoms with Crippen molar-refractivity contribution < 1.29 is 8.83 Å². The van der Waals surface area contributed by atoms with Crippen LogP contribution in [0.4, 0.5) is 0 Å². The highest BCUT2D eigenvalue weighted by molar-refractivity contribution is 7.26. The third-order valence-corrected chi connectivity index (χ3v) is 10.9. The van der Waals surface area contributed by atoms with Crippen molar-refractivity contribution in [1.29, 1.82) is 0 Å². The van der Waals surface area contributed by atoms with Gasteiger partial charge in [0.15, 0.2) is 17.5 Å². The van der Waals surface area contributed by atoms with Gasteiger partial charge < -0.3 is 8.83 Å². The van der Waals surface area contributed by atoms with Crippen molar-refractivity contribution in [2.75, 3.05) is 0 Å². The van der Waals surface area contributed by atoms with Gasteiger partial charge in [0.2, 0.25) is 0 Å². The van der Waals surface area contributed by atoms with E-state index in [9.17, 15) is 0 Å². The van der Waals surface area contributed by atoms with Gasteiger partial charge in [-0.15, -0.1) is 11.3 Å². The smallest absolute Gasteiger partial charge is 0.165 e. The second kappa shape index (κ2) is 10.9. The molecule has 0 amide bonds. The lowest BCUT2D eigenvalue weighted by Crippen LogP contribution is -2.00. The normalized spacial score (nSPS) is 11.9. The minimum absolute atomic E-state index is 0.596. The number of hydrogen-bond acceptors (Lipinski definition) is 6. The molecule has 0 spiro atoms. The van der Waals surface area contributed by atoms with Gasteiger partial charge in [0.05, 0.1) is 4.70 Å². The maximum atomic E-state index is 6.58. The Morgan fingerprint density at radius 3 is 1.82 bits per heavy atom. The molecule has 0 aliphatic rings. The Morgan fingerprint density at radius 1 is 0.392 bits per heavy atom. The molecule has 7 aromatic carbocycles. The molecule has 0 fully saturated rings.